The summed E-state index contributed by atoms with van der Waals surface area (Å²) in [5.41, 5.74) is 4.70. The number of fused-ring (bicyclic) bond motifs is 2. The summed E-state index contributed by atoms with van der Waals surface area (Å²) in [6.45, 7) is 2.87. The molecule has 2 heterocycles. The van der Waals surface area contributed by atoms with Gasteiger partial charge in [0, 0.05) is 42.7 Å². The number of benzene rings is 2. The second-order valence-corrected chi connectivity index (χ2v) is 6.19. The van der Waals surface area contributed by atoms with Crippen LogP contribution in [-0.2, 0) is 19.5 Å². The molecular weight excluding hydrogens is 292 g/mol. The van der Waals surface area contributed by atoms with Crippen molar-refractivity contribution in [2.45, 2.75) is 19.5 Å². The summed E-state index contributed by atoms with van der Waals surface area (Å²) in [6, 6.07) is 18.7. The zero-order valence-electron chi connectivity index (χ0n) is 12.3. The Kier molecular flexibility index (Phi) is 3.57. The molecule has 110 valence electrons. The molecule has 4 rings (SSSR count). The molecule has 0 atom stereocenters. The fourth-order valence-corrected chi connectivity index (χ4v) is 3.50. The molecule has 0 saturated heterocycles. The van der Waals surface area contributed by atoms with Gasteiger partial charge < -0.3 is 0 Å². The molecule has 0 bridgehead atoms. The predicted octanol–water partition coefficient (Wildman–Crippen LogP) is 4.45. The zero-order valence-corrected chi connectivity index (χ0v) is 13.1. The molecular formula is C19H17ClN2. The van der Waals surface area contributed by atoms with E-state index < -0.39 is 0 Å². The van der Waals surface area contributed by atoms with Crippen molar-refractivity contribution < 1.29 is 0 Å². The highest BCUT2D eigenvalue weighted by molar-refractivity contribution is 6.36. The average Bonchev–Trinajstić information content (AvgIpc) is 2.57. The second-order valence-electron chi connectivity index (χ2n) is 5.81. The number of nitrogens with zero attached hydrogens (tertiary/aromatic N) is 2. The Hall–Kier alpha value is -1.90. The highest BCUT2D eigenvalue weighted by atomic mass is 35.5. The lowest BCUT2D eigenvalue weighted by Crippen LogP contribution is -2.31. The van der Waals surface area contributed by atoms with E-state index >= 15 is 0 Å². The minimum absolute atomic E-state index is 0.873. The van der Waals surface area contributed by atoms with Crippen LogP contribution in [0.2, 0.25) is 5.02 Å². The Morgan fingerprint density at radius 3 is 2.64 bits per heavy atom. The lowest BCUT2D eigenvalue weighted by Gasteiger charge is -2.29. The molecule has 22 heavy (non-hydrogen) atoms. The summed E-state index contributed by atoms with van der Waals surface area (Å²) in [5, 5.41) is 1.93. The number of para-hydroxylation sites is 1. The number of rotatable bonds is 2. The molecule has 1 aliphatic rings. The topological polar surface area (TPSA) is 16.1 Å². The van der Waals surface area contributed by atoms with E-state index in [1.165, 1.54) is 11.1 Å². The van der Waals surface area contributed by atoms with Crippen LogP contribution in [0, 0.1) is 0 Å². The highest BCUT2D eigenvalue weighted by Crippen LogP contribution is 2.32. The van der Waals surface area contributed by atoms with E-state index in [1.54, 1.807) is 0 Å². The van der Waals surface area contributed by atoms with Crippen LogP contribution in [0.3, 0.4) is 0 Å². The summed E-state index contributed by atoms with van der Waals surface area (Å²) < 4.78 is 0. The predicted molar refractivity (Wildman–Crippen MR) is 91.0 cm³/mol. The minimum atomic E-state index is 0.873. The molecule has 0 aliphatic carbocycles. The van der Waals surface area contributed by atoms with Crippen molar-refractivity contribution in [3.8, 4) is 0 Å². The summed E-state index contributed by atoms with van der Waals surface area (Å²) in [4.78, 5) is 7.25. The lowest BCUT2D eigenvalue weighted by atomic mass is 10.0. The second kappa shape index (κ2) is 5.71. The molecule has 0 amide bonds. The Balaban J connectivity index is 1.67. The van der Waals surface area contributed by atoms with Crippen molar-refractivity contribution >= 4 is 22.5 Å². The van der Waals surface area contributed by atoms with Crippen LogP contribution >= 0.6 is 11.6 Å². The maximum atomic E-state index is 6.66. The van der Waals surface area contributed by atoms with E-state index in [4.69, 9.17) is 16.6 Å². The quantitative estimate of drug-likeness (QED) is 0.695. The summed E-state index contributed by atoms with van der Waals surface area (Å²) in [7, 11) is 0. The van der Waals surface area contributed by atoms with Gasteiger partial charge in [0.25, 0.3) is 0 Å². The summed E-state index contributed by atoms with van der Waals surface area (Å²) in [5.74, 6) is 0. The molecule has 3 aromatic rings. The van der Waals surface area contributed by atoms with Crippen molar-refractivity contribution in [1.29, 1.82) is 0 Å². The number of hydrogen-bond donors (Lipinski definition) is 0. The lowest BCUT2D eigenvalue weighted by molar-refractivity contribution is 0.244. The van der Waals surface area contributed by atoms with Gasteiger partial charge in [-0.2, -0.15) is 0 Å². The van der Waals surface area contributed by atoms with Gasteiger partial charge in [-0.15, -0.1) is 0 Å². The third-order valence-electron chi connectivity index (χ3n) is 4.30. The third-order valence-corrected chi connectivity index (χ3v) is 4.74. The van der Waals surface area contributed by atoms with Crippen LogP contribution in [0.25, 0.3) is 10.9 Å². The third kappa shape index (κ3) is 2.49. The SMILES string of the molecule is Clc1c2c(nc3ccccc13)CCN(Cc1ccccc1)C2. The highest BCUT2D eigenvalue weighted by Gasteiger charge is 2.21. The molecule has 0 saturated carbocycles. The van der Waals surface area contributed by atoms with Crippen LogP contribution in [0.15, 0.2) is 54.6 Å². The normalized spacial score (nSPS) is 15.0. The van der Waals surface area contributed by atoms with Crippen LogP contribution in [0.1, 0.15) is 16.8 Å². The number of hydrogen-bond acceptors (Lipinski definition) is 2. The monoisotopic (exact) mass is 308 g/mol. The van der Waals surface area contributed by atoms with Crippen LogP contribution in [0.4, 0.5) is 0 Å². The van der Waals surface area contributed by atoms with Gasteiger partial charge in [0.05, 0.1) is 10.5 Å². The van der Waals surface area contributed by atoms with Crippen molar-refractivity contribution in [3.05, 3.63) is 76.4 Å². The maximum Gasteiger partial charge on any atom is 0.0720 e. The molecule has 0 radical (unpaired) electrons. The average molecular weight is 309 g/mol. The first-order valence-corrected chi connectivity index (χ1v) is 8.01. The van der Waals surface area contributed by atoms with E-state index in [9.17, 15) is 0 Å². The molecule has 1 aromatic heterocycles. The molecule has 0 unspecified atom stereocenters. The first-order valence-electron chi connectivity index (χ1n) is 7.63. The molecule has 2 aromatic carbocycles. The van der Waals surface area contributed by atoms with Crippen molar-refractivity contribution in [2.24, 2.45) is 0 Å². The van der Waals surface area contributed by atoms with E-state index in [0.29, 0.717) is 0 Å². The Labute approximate surface area is 135 Å². The zero-order chi connectivity index (χ0) is 14.9. The smallest absolute Gasteiger partial charge is 0.0720 e. The van der Waals surface area contributed by atoms with Gasteiger partial charge in [-0.3, -0.25) is 9.88 Å². The molecule has 0 fully saturated rings. The molecule has 0 N–H and O–H groups in total. The van der Waals surface area contributed by atoms with Gasteiger partial charge in [-0.1, -0.05) is 60.1 Å². The van der Waals surface area contributed by atoms with Crippen molar-refractivity contribution in [3.63, 3.8) is 0 Å². The fourth-order valence-electron chi connectivity index (χ4n) is 3.17. The first-order chi connectivity index (χ1) is 10.8. The Morgan fingerprint density at radius 2 is 1.77 bits per heavy atom. The first kappa shape index (κ1) is 13.7. The fraction of sp³-hybridized carbons (Fsp3) is 0.211. The van der Waals surface area contributed by atoms with E-state index in [1.807, 2.05) is 18.2 Å². The Morgan fingerprint density at radius 1 is 1.00 bits per heavy atom. The number of halogens is 1. The van der Waals surface area contributed by atoms with E-state index in [0.717, 1.165) is 47.7 Å². The maximum absolute atomic E-state index is 6.66. The van der Waals surface area contributed by atoms with Gasteiger partial charge >= 0.3 is 0 Å². The minimum Gasteiger partial charge on any atom is -0.294 e. The van der Waals surface area contributed by atoms with Gasteiger partial charge in [0.15, 0.2) is 0 Å². The van der Waals surface area contributed by atoms with Gasteiger partial charge in [0.1, 0.15) is 0 Å². The van der Waals surface area contributed by atoms with Crippen LogP contribution < -0.4 is 0 Å². The summed E-state index contributed by atoms with van der Waals surface area (Å²) >= 11 is 6.66. The molecule has 1 aliphatic heterocycles. The van der Waals surface area contributed by atoms with Crippen molar-refractivity contribution in [2.75, 3.05) is 6.54 Å². The molecule has 3 heteroatoms. The number of aromatic nitrogens is 1. The van der Waals surface area contributed by atoms with E-state index in [2.05, 4.69) is 41.3 Å². The van der Waals surface area contributed by atoms with Crippen LogP contribution in [0.5, 0.6) is 0 Å². The summed E-state index contributed by atoms with van der Waals surface area (Å²) in [6.07, 6.45) is 0.965. The van der Waals surface area contributed by atoms with Gasteiger partial charge in [-0.05, 0) is 11.6 Å². The largest absolute Gasteiger partial charge is 0.294 e. The number of pyridine rings is 1. The van der Waals surface area contributed by atoms with Crippen molar-refractivity contribution in [1.82, 2.24) is 9.88 Å². The van der Waals surface area contributed by atoms with Gasteiger partial charge in [-0.25, -0.2) is 0 Å². The standard InChI is InChI=1S/C19H17ClN2/c20-19-15-8-4-5-9-17(15)21-18-10-11-22(13-16(18)19)12-14-6-2-1-3-7-14/h1-9H,10-13H2. The van der Waals surface area contributed by atoms with Gasteiger partial charge in [0.2, 0.25) is 0 Å². The van der Waals surface area contributed by atoms with Crippen LogP contribution in [-0.4, -0.2) is 16.4 Å². The Bertz CT molecular complexity index is 814. The molecule has 0 spiro atoms. The van der Waals surface area contributed by atoms with E-state index in [-0.39, 0.29) is 0 Å². The molecule has 2 nitrogen and oxygen atoms in total.